The number of tetrazole rings is 1. The number of aliphatic hydroxyl groups is 1. The molecular formula is C11H14N6O4. The first-order valence-electron chi connectivity index (χ1n) is 6.41. The molecule has 1 aliphatic rings. The van der Waals surface area contributed by atoms with E-state index in [0.29, 0.717) is 12.0 Å². The number of rotatable bonds is 3. The van der Waals surface area contributed by atoms with Gasteiger partial charge < -0.3 is 9.84 Å². The number of aromatic nitrogens is 6. The Kier molecular flexibility index (Phi) is 3.39. The number of nitrogens with zero attached hydrogens (tertiary/aromatic N) is 5. The van der Waals surface area contributed by atoms with Crippen molar-refractivity contribution < 1.29 is 9.84 Å². The number of hydrogen-bond donors (Lipinski definition) is 2. The van der Waals surface area contributed by atoms with E-state index >= 15 is 0 Å². The molecular weight excluding hydrogens is 280 g/mol. The van der Waals surface area contributed by atoms with E-state index in [0.717, 1.165) is 0 Å². The number of aryl methyl sites for hydroxylation is 1. The highest BCUT2D eigenvalue weighted by Gasteiger charge is 2.38. The van der Waals surface area contributed by atoms with E-state index in [1.54, 1.807) is 6.92 Å². The van der Waals surface area contributed by atoms with Crippen LogP contribution in [0.2, 0.25) is 0 Å². The number of H-pyrrole nitrogens is 1. The zero-order valence-electron chi connectivity index (χ0n) is 11.2. The van der Waals surface area contributed by atoms with Gasteiger partial charge in [0.25, 0.3) is 5.56 Å². The van der Waals surface area contributed by atoms with Crippen LogP contribution in [0.1, 0.15) is 24.3 Å². The van der Waals surface area contributed by atoms with E-state index in [2.05, 4.69) is 20.4 Å². The van der Waals surface area contributed by atoms with Gasteiger partial charge in [0.1, 0.15) is 18.4 Å². The summed E-state index contributed by atoms with van der Waals surface area (Å²) < 4.78 is 6.97. The van der Waals surface area contributed by atoms with E-state index in [1.807, 2.05) is 0 Å². The third kappa shape index (κ3) is 2.38. The summed E-state index contributed by atoms with van der Waals surface area (Å²) in [5.74, 6) is 0. The standard InChI is InChI=1S/C11H14N6O4/c1-6-3-16(11(20)14-10(6)19)9-2-7(8(4-18)21-9)17-13-5-12-15-17/h3,5,7-9,18H,2,4H2,1H3,(H,14,19,20). The molecule has 0 bridgehead atoms. The first-order chi connectivity index (χ1) is 10.1. The van der Waals surface area contributed by atoms with Gasteiger partial charge in [0.2, 0.25) is 0 Å². The molecule has 1 fully saturated rings. The second-order valence-electron chi connectivity index (χ2n) is 4.85. The molecule has 0 amide bonds. The number of nitrogens with one attached hydrogen (secondary N) is 1. The normalized spacial score (nSPS) is 25.3. The Morgan fingerprint density at radius 1 is 1.52 bits per heavy atom. The summed E-state index contributed by atoms with van der Waals surface area (Å²) >= 11 is 0. The quantitative estimate of drug-likeness (QED) is 0.694. The topological polar surface area (TPSA) is 128 Å². The molecule has 2 N–H and O–H groups in total. The van der Waals surface area contributed by atoms with Gasteiger partial charge in [-0.05, 0) is 12.1 Å². The predicted molar refractivity (Wildman–Crippen MR) is 68.5 cm³/mol. The fourth-order valence-electron chi connectivity index (χ4n) is 2.42. The number of aliphatic hydroxyl groups excluding tert-OH is 1. The molecule has 1 saturated heterocycles. The molecule has 10 nitrogen and oxygen atoms in total. The van der Waals surface area contributed by atoms with Crippen LogP contribution < -0.4 is 11.2 Å². The Morgan fingerprint density at radius 2 is 2.33 bits per heavy atom. The Bertz CT molecular complexity index is 736. The highest BCUT2D eigenvalue weighted by Crippen LogP contribution is 2.34. The first-order valence-corrected chi connectivity index (χ1v) is 6.41. The smallest absolute Gasteiger partial charge is 0.330 e. The largest absolute Gasteiger partial charge is 0.394 e. The summed E-state index contributed by atoms with van der Waals surface area (Å²) in [5, 5.41) is 20.8. The molecule has 3 heterocycles. The SMILES string of the molecule is Cc1cn(C2CC(n3ncnn3)C(CO)O2)c(=O)[nH]c1=O. The van der Waals surface area contributed by atoms with Gasteiger partial charge in [-0.2, -0.15) is 4.80 Å². The fourth-order valence-corrected chi connectivity index (χ4v) is 2.42. The third-order valence-electron chi connectivity index (χ3n) is 3.50. The second-order valence-corrected chi connectivity index (χ2v) is 4.85. The molecule has 3 rings (SSSR count). The van der Waals surface area contributed by atoms with Gasteiger partial charge in [0.05, 0.1) is 6.61 Å². The third-order valence-corrected chi connectivity index (χ3v) is 3.50. The Hall–Kier alpha value is -2.33. The van der Waals surface area contributed by atoms with Gasteiger partial charge in [0.15, 0.2) is 6.33 Å². The summed E-state index contributed by atoms with van der Waals surface area (Å²) in [4.78, 5) is 26.9. The Labute approximate surface area is 118 Å². The van der Waals surface area contributed by atoms with Crippen LogP contribution in [-0.4, -0.2) is 47.6 Å². The fraction of sp³-hybridized carbons (Fsp3) is 0.545. The lowest BCUT2D eigenvalue weighted by Gasteiger charge is -2.15. The van der Waals surface area contributed by atoms with Crippen molar-refractivity contribution in [2.75, 3.05) is 6.61 Å². The lowest BCUT2D eigenvalue weighted by atomic mass is 10.1. The molecule has 0 spiro atoms. The van der Waals surface area contributed by atoms with Crippen molar-refractivity contribution in [1.29, 1.82) is 0 Å². The van der Waals surface area contributed by atoms with Gasteiger partial charge in [-0.15, -0.1) is 10.2 Å². The lowest BCUT2D eigenvalue weighted by Crippen LogP contribution is -2.33. The maximum Gasteiger partial charge on any atom is 0.330 e. The highest BCUT2D eigenvalue weighted by molar-refractivity contribution is 5.02. The zero-order chi connectivity index (χ0) is 15.0. The predicted octanol–water partition coefficient (Wildman–Crippen LogP) is -1.65. The van der Waals surface area contributed by atoms with Crippen LogP contribution in [0.15, 0.2) is 22.1 Å². The maximum absolute atomic E-state index is 11.9. The van der Waals surface area contributed by atoms with Crippen molar-refractivity contribution in [3.05, 3.63) is 38.9 Å². The summed E-state index contributed by atoms with van der Waals surface area (Å²) in [7, 11) is 0. The molecule has 3 atom stereocenters. The van der Waals surface area contributed by atoms with Crippen LogP contribution >= 0.6 is 0 Å². The minimum atomic E-state index is -0.610. The average molecular weight is 294 g/mol. The molecule has 3 unspecified atom stereocenters. The summed E-state index contributed by atoms with van der Waals surface area (Å²) in [6, 6.07) is -0.332. The van der Waals surface area contributed by atoms with Crippen LogP contribution in [0.3, 0.4) is 0 Å². The van der Waals surface area contributed by atoms with Crippen molar-refractivity contribution in [2.45, 2.75) is 31.7 Å². The van der Waals surface area contributed by atoms with Crippen molar-refractivity contribution in [3.8, 4) is 0 Å². The molecule has 2 aromatic heterocycles. The molecule has 0 radical (unpaired) electrons. The monoisotopic (exact) mass is 294 g/mol. The van der Waals surface area contributed by atoms with Gasteiger partial charge in [-0.3, -0.25) is 14.3 Å². The van der Waals surface area contributed by atoms with Crippen molar-refractivity contribution in [2.24, 2.45) is 0 Å². The van der Waals surface area contributed by atoms with Crippen molar-refractivity contribution in [3.63, 3.8) is 0 Å². The van der Waals surface area contributed by atoms with Crippen LogP contribution in [0.4, 0.5) is 0 Å². The molecule has 2 aromatic rings. The lowest BCUT2D eigenvalue weighted by molar-refractivity contribution is -0.0332. The maximum atomic E-state index is 11.9. The van der Waals surface area contributed by atoms with Gasteiger partial charge in [0, 0.05) is 18.2 Å². The first kappa shape index (κ1) is 13.6. The molecule has 1 aliphatic heterocycles. The van der Waals surface area contributed by atoms with E-state index < -0.39 is 23.6 Å². The van der Waals surface area contributed by atoms with Crippen LogP contribution in [-0.2, 0) is 4.74 Å². The number of hydrogen-bond acceptors (Lipinski definition) is 7. The van der Waals surface area contributed by atoms with Crippen LogP contribution in [0.5, 0.6) is 0 Å². The molecule has 10 heteroatoms. The summed E-state index contributed by atoms with van der Waals surface area (Å²) in [6.45, 7) is 1.36. The van der Waals surface area contributed by atoms with Crippen molar-refractivity contribution in [1.82, 2.24) is 29.8 Å². The Morgan fingerprint density at radius 3 is 3.00 bits per heavy atom. The van der Waals surface area contributed by atoms with Crippen molar-refractivity contribution >= 4 is 0 Å². The Balaban J connectivity index is 1.93. The highest BCUT2D eigenvalue weighted by atomic mass is 16.5. The minimum Gasteiger partial charge on any atom is -0.394 e. The van der Waals surface area contributed by atoms with E-state index in [9.17, 15) is 14.7 Å². The van der Waals surface area contributed by atoms with E-state index in [1.165, 1.54) is 21.9 Å². The van der Waals surface area contributed by atoms with E-state index in [-0.39, 0.29) is 12.6 Å². The number of ether oxygens (including phenoxy) is 1. The molecule has 0 aromatic carbocycles. The summed E-state index contributed by atoms with van der Waals surface area (Å²) in [6.07, 6.45) is 1.95. The molecule has 0 aliphatic carbocycles. The second kappa shape index (κ2) is 5.22. The minimum absolute atomic E-state index is 0.236. The van der Waals surface area contributed by atoms with Crippen LogP contribution in [0, 0.1) is 6.92 Å². The van der Waals surface area contributed by atoms with Gasteiger partial charge in [-0.25, -0.2) is 4.79 Å². The molecule has 21 heavy (non-hydrogen) atoms. The molecule has 0 saturated carbocycles. The summed E-state index contributed by atoms with van der Waals surface area (Å²) in [5.41, 5.74) is -0.581. The van der Waals surface area contributed by atoms with E-state index in [4.69, 9.17) is 4.74 Å². The average Bonchev–Trinajstić information content (AvgIpc) is 3.10. The van der Waals surface area contributed by atoms with Gasteiger partial charge in [-0.1, -0.05) is 0 Å². The van der Waals surface area contributed by atoms with Crippen LogP contribution in [0.25, 0.3) is 0 Å². The zero-order valence-corrected chi connectivity index (χ0v) is 11.2. The van der Waals surface area contributed by atoms with Gasteiger partial charge >= 0.3 is 5.69 Å². The number of aromatic amines is 1. The molecule has 112 valence electrons.